The molecule has 0 amide bonds. The van der Waals surface area contributed by atoms with Gasteiger partial charge in [0, 0.05) is 29.7 Å². The van der Waals surface area contributed by atoms with E-state index in [0.29, 0.717) is 0 Å². The summed E-state index contributed by atoms with van der Waals surface area (Å²) in [6.45, 7) is 3.49. The summed E-state index contributed by atoms with van der Waals surface area (Å²) < 4.78 is 1.95. The zero-order valence-corrected chi connectivity index (χ0v) is 8.03. The van der Waals surface area contributed by atoms with Crippen LogP contribution in [0, 0.1) is 0 Å². The fourth-order valence-electron chi connectivity index (χ4n) is 1.65. The lowest BCUT2D eigenvalue weighted by atomic mass is 10.1. The second-order valence-corrected chi connectivity index (χ2v) is 3.24. The van der Waals surface area contributed by atoms with Gasteiger partial charge in [-0.2, -0.15) is 0 Å². The van der Waals surface area contributed by atoms with Crippen molar-refractivity contribution in [1.29, 1.82) is 0 Å². The van der Waals surface area contributed by atoms with Gasteiger partial charge in [-0.05, 0) is 12.1 Å². The summed E-state index contributed by atoms with van der Waals surface area (Å²) in [6, 6.07) is 7.84. The van der Waals surface area contributed by atoms with Gasteiger partial charge in [-0.3, -0.25) is 4.79 Å². The summed E-state index contributed by atoms with van der Waals surface area (Å²) in [5.74, 6) is -0.0261. The van der Waals surface area contributed by atoms with Gasteiger partial charge in [0.05, 0.1) is 0 Å². The molecule has 0 aliphatic carbocycles. The first-order chi connectivity index (χ1) is 6.74. The third-order valence-corrected chi connectivity index (χ3v) is 2.35. The van der Waals surface area contributed by atoms with E-state index in [1.165, 1.54) is 6.08 Å². The molecule has 2 rings (SSSR count). The number of fused-ring (bicyclic) bond motifs is 1. The van der Waals surface area contributed by atoms with Gasteiger partial charge < -0.3 is 4.57 Å². The number of aromatic nitrogens is 1. The summed E-state index contributed by atoms with van der Waals surface area (Å²) in [5.41, 5.74) is 1.79. The Labute approximate surface area is 82.5 Å². The Morgan fingerprint density at radius 1 is 1.43 bits per heavy atom. The van der Waals surface area contributed by atoms with Crippen LogP contribution in [0.1, 0.15) is 10.4 Å². The van der Waals surface area contributed by atoms with E-state index >= 15 is 0 Å². The maximum absolute atomic E-state index is 11.5. The largest absolute Gasteiger partial charge is 0.350 e. The average Bonchev–Trinajstić information content (AvgIpc) is 2.56. The second-order valence-electron chi connectivity index (χ2n) is 3.24. The molecule has 14 heavy (non-hydrogen) atoms. The van der Waals surface area contributed by atoms with E-state index in [0.717, 1.165) is 16.5 Å². The summed E-state index contributed by atoms with van der Waals surface area (Å²) in [4.78, 5) is 11.5. The molecule has 0 spiro atoms. The van der Waals surface area contributed by atoms with Crippen molar-refractivity contribution in [1.82, 2.24) is 4.57 Å². The molecule has 1 heterocycles. The van der Waals surface area contributed by atoms with Gasteiger partial charge in [0.25, 0.3) is 0 Å². The van der Waals surface area contributed by atoms with E-state index in [4.69, 9.17) is 0 Å². The lowest BCUT2D eigenvalue weighted by Gasteiger charge is -1.93. The lowest BCUT2D eigenvalue weighted by molar-refractivity contribution is 0.104. The van der Waals surface area contributed by atoms with Crippen LogP contribution in [-0.4, -0.2) is 10.4 Å². The van der Waals surface area contributed by atoms with Gasteiger partial charge in [0.2, 0.25) is 0 Å². The number of hydrogen-bond acceptors (Lipinski definition) is 1. The molecule has 0 aliphatic heterocycles. The van der Waals surface area contributed by atoms with E-state index in [-0.39, 0.29) is 5.78 Å². The van der Waals surface area contributed by atoms with Crippen molar-refractivity contribution in [3.8, 4) is 0 Å². The van der Waals surface area contributed by atoms with Gasteiger partial charge in [-0.1, -0.05) is 24.8 Å². The van der Waals surface area contributed by atoms with Crippen molar-refractivity contribution in [2.45, 2.75) is 0 Å². The van der Waals surface area contributed by atoms with E-state index in [2.05, 4.69) is 6.58 Å². The zero-order chi connectivity index (χ0) is 10.1. The molecule has 0 fully saturated rings. The van der Waals surface area contributed by atoms with Crippen LogP contribution in [0.3, 0.4) is 0 Å². The third kappa shape index (κ3) is 1.16. The van der Waals surface area contributed by atoms with Crippen molar-refractivity contribution in [2.75, 3.05) is 0 Å². The monoisotopic (exact) mass is 185 g/mol. The SMILES string of the molecule is C=CC(=O)c1cn(C)c2ccccc12. The Morgan fingerprint density at radius 2 is 2.14 bits per heavy atom. The van der Waals surface area contributed by atoms with Crippen LogP contribution in [0.4, 0.5) is 0 Å². The number of carbonyl (C=O) groups is 1. The fraction of sp³-hybridized carbons (Fsp3) is 0.0833. The highest BCUT2D eigenvalue weighted by Crippen LogP contribution is 2.20. The predicted octanol–water partition coefficient (Wildman–Crippen LogP) is 2.55. The van der Waals surface area contributed by atoms with Gasteiger partial charge in [0.15, 0.2) is 5.78 Å². The maximum Gasteiger partial charge on any atom is 0.187 e. The molecule has 1 aromatic carbocycles. The van der Waals surface area contributed by atoms with Gasteiger partial charge in [-0.15, -0.1) is 0 Å². The molecule has 0 atom stereocenters. The quantitative estimate of drug-likeness (QED) is 0.520. The van der Waals surface area contributed by atoms with E-state index in [9.17, 15) is 4.79 Å². The van der Waals surface area contributed by atoms with Crippen LogP contribution in [0.5, 0.6) is 0 Å². The Balaban J connectivity index is 2.78. The molecule has 0 aliphatic rings. The smallest absolute Gasteiger partial charge is 0.187 e. The predicted molar refractivity (Wildman–Crippen MR) is 57.4 cm³/mol. The van der Waals surface area contributed by atoms with Crippen molar-refractivity contribution in [2.24, 2.45) is 7.05 Å². The minimum Gasteiger partial charge on any atom is -0.350 e. The van der Waals surface area contributed by atoms with Crippen LogP contribution in [0.2, 0.25) is 0 Å². The molecule has 0 saturated carbocycles. The number of nitrogens with zero attached hydrogens (tertiary/aromatic N) is 1. The van der Waals surface area contributed by atoms with Gasteiger partial charge >= 0.3 is 0 Å². The first kappa shape index (κ1) is 8.75. The molecule has 0 unspecified atom stereocenters. The number of ketones is 1. The normalized spacial score (nSPS) is 10.4. The zero-order valence-electron chi connectivity index (χ0n) is 8.03. The van der Waals surface area contributed by atoms with Crippen LogP contribution in [0.15, 0.2) is 43.1 Å². The molecular formula is C12H11NO. The minimum atomic E-state index is -0.0261. The summed E-state index contributed by atoms with van der Waals surface area (Å²) in [5, 5.41) is 0.986. The summed E-state index contributed by atoms with van der Waals surface area (Å²) in [6.07, 6.45) is 3.19. The second kappa shape index (κ2) is 3.14. The number of hydrogen-bond donors (Lipinski definition) is 0. The fourth-order valence-corrected chi connectivity index (χ4v) is 1.65. The molecule has 2 heteroatoms. The summed E-state index contributed by atoms with van der Waals surface area (Å²) >= 11 is 0. The van der Waals surface area contributed by atoms with Crippen molar-refractivity contribution >= 4 is 16.7 Å². The average molecular weight is 185 g/mol. The van der Waals surface area contributed by atoms with Gasteiger partial charge in [0.1, 0.15) is 0 Å². The number of aryl methyl sites for hydroxylation is 1. The highest BCUT2D eigenvalue weighted by atomic mass is 16.1. The van der Waals surface area contributed by atoms with E-state index in [1.54, 1.807) is 0 Å². The van der Waals surface area contributed by atoms with Gasteiger partial charge in [-0.25, -0.2) is 0 Å². The van der Waals surface area contributed by atoms with Crippen LogP contribution in [-0.2, 0) is 7.05 Å². The van der Waals surface area contributed by atoms with E-state index < -0.39 is 0 Å². The number of benzene rings is 1. The topological polar surface area (TPSA) is 22.0 Å². The number of para-hydroxylation sites is 1. The Kier molecular flexibility index (Phi) is 1.97. The van der Waals surface area contributed by atoms with Crippen molar-refractivity contribution < 1.29 is 4.79 Å². The molecular weight excluding hydrogens is 174 g/mol. The third-order valence-electron chi connectivity index (χ3n) is 2.35. The van der Waals surface area contributed by atoms with Crippen LogP contribution >= 0.6 is 0 Å². The highest BCUT2D eigenvalue weighted by molar-refractivity contribution is 6.13. The molecule has 0 radical (unpaired) electrons. The Bertz CT molecular complexity index is 508. The molecule has 0 N–H and O–H groups in total. The summed E-state index contributed by atoms with van der Waals surface area (Å²) in [7, 11) is 1.93. The number of allylic oxidation sites excluding steroid dienone is 1. The van der Waals surface area contributed by atoms with Crippen LogP contribution in [0.25, 0.3) is 10.9 Å². The highest BCUT2D eigenvalue weighted by Gasteiger charge is 2.09. The first-order valence-corrected chi connectivity index (χ1v) is 4.45. The Morgan fingerprint density at radius 3 is 2.86 bits per heavy atom. The molecule has 0 bridgehead atoms. The van der Waals surface area contributed by atoms with E-state index in [1.807, 2.05) is 42.1 Å². The maximum atomic E-state index is 11.5. The number of carbonyl (C=O) groups excluding carboxylic acids is 1. The molecule has 2 aromatic rings. The standard InChI is InChI=1S/C12H11NO/c1-3-12(14)10-8-13(2)11-7-5-4-6-9(10)11/h3-8H,1H2,2H3. The molecule has 70 valence electrons. The molecule has 0 saturated heterocycles. The van der Waals surface area contributed by atoms with Crippen molar-refractivity contribution in [3.63, 3.8) is 0 Å². The Hall–Kier alpha value is -1.83. The molecule has 1 aromatic heterocycles. The number of rotatable bonds is 2. The minimum absolute atomic E-state index is 0.0261. The lowest BCUT2D eigenvalue weighted by Crippen LogP contribution is -1.91. The van der Waals surface area contributed by atoms with Crippen molar-refractivity contribution in [3.05, 3.63) is 48.7 Å². The van der Waals surface area contributed by atoms with Crippen LogP contribution < -0.4 is 0 Å². The first-order valence-electron chi connectivity index (χ1n) is 4.45. The molecule has 2 nitrogen and oxygen atoms in total.